The van der Waals surface area contributed by atoms with E-state index in [9.17, 15) is 18.7 Å². The van der Waals surface area contributed by atoms with Crippen LogP contribution in [-0.4, -0.2) is 28.7 Å². The van der Waals surface area contributed by atoms with E-state index in [2.05, 4.69) is 10.4 Å². The van der Waals surface area contributed by atoms with E-state index in [1.165, 1.54) is 41.1 Å². The molecule has 31 heavy (non-hydrogen) atoms. The molecule has 0 fully saturated rings. The first kappa shape index (κ1) is 20.4. The highest BCUT2D eigenvalue weighted by Gasteiger charge is 2.41. The molecule has 0 saturated heterocycles. The summed E-state index contributed by atoms with van der Waals surface area (Å²) in [7, 11) is 0. The summed E-state index contributed by atoms with van der Waals surface area (Å²) in [4.78, 5) is 12.7. The van der Waals surface area contributed by atoms with Crippen molar-refractivity contribution >= 4 is 18.0 Å². The Balaban J connectivity index is 1.69. The minimum absolute atomic E-state index is 0.234. The monoisotopic (exact) mass is 419 g/mol. The van der Waals surface area contributed by atoms with E-state index in [0.717, 1.165) is 11.1 Å². The number of aryl methyl sites for hydroxylation is 1. The predicted octanol–water partition coefficient (Wildman–Crippen LogP) is 2.93. The van der Waals surface area contributed by atoms with Gasteiger partial charge >= 0.3 is 0 Å². The Kier molecular flexibility index (Phi) is 5.58. The van der Waals surface area contributed by atoms with Gasteiger partial charge in [0.1, 0.15) is 17.7 Å². The van der Waals surface area contributed by atoms with Gasteiger partial charge in [-0.25, -0.2) is 8.78 Å². The van der Waals surface area contributed by atoms with Gasteiger partial charge in [0.25, 0.3) is 5.91 Å². The molecule has 5 nitrogen and oxygen atoms in total. The predicted molar refractivity (Wildman–Crippen MR) is 111 cm³/mol. The number of amides is 1. The van der Waals surface area contributed by atoms with E-state index in [1.54, 1.807) is 18.3 Å². The molecule has 0 spiro atoms. The van der Waals surface area contributed by atoms with Gasteiger partial charge in [0.15, 0.2) is 0 Å². The van der Waals surface area contributed by atoms with Crippen LogP contribution < -0.4 is 10.4 Å². The Bertz CT molecular complexity index is 1150. The first-order valence-corrected chi connectivity index (χ1v) is 9.68. The fraction of sp³-hybridized carbons (Fsp3) is 0.125. The highest BCUT2D eigenvalue weighted by molar-refractivity contribution is 5.97. The zero-order valence-electron chi connectivity index (χ0n) is 16.6. The molecule has 4 rings (SSSR count). The lowest BCUT2D eigenvalue weighted by Crippen LogP contribution is -2.47. The minimum atomic E-state index is -0.947. The molecule has 0 aromatic heterocycles. The SMILES string of the molecule is Cc1ccc([C@H]2[C@H](NC(=O)c3ccc(F)cc3)C([O-])=N/[N+]2=C\c2ccc(F)cc2)cc1. The van der Waals surface area contributed by atoms with Crippen molar-refractivity contribution in [3.8, 4) is 0 Å². The third kappa shape index (κ3) is 4.50. The molecule has 0 bridgehead atoms. The molecule has 1 aliphatic heterocycles. The van der Waals surface area contributed by atoms with E-state index in [-0.39, 0.29) is 11.4 Å². The number of halogens is 2. The van der Waals surface area contributed by atoms with Crippen LogP contribution in [0.5, 0.6) is 0 Å². The van der Waals surface area contributed by atoms with E-state index in [0.29, 0.717) is 5.56 Å². The van der Waals surface area contributed by atoms with Crippen molar-refractivity contribution in [1.82, 2.24) is 5.32 Å². The van der Waals surface area contributed by atoms with Gasteiger partial charge in [0, 0.05) is 16.7 Å². The van der Waals surface area contributed by atoms with Gasteiger partial charge in [0.2, 0.25) is 12.3 Å². The van der Waals surface area contributed by atoms with Crippen molar-refractivity contribution < 1.29 is 23.4 Å². The summed E-state index contributed by atoms with van der Waals surface area (Å²) >= 11 is 0. The molecule has 156 valence electrons. The molecule has 1 heterocycles. The Morgan fingerprint density at radius 2 is 1.55 bits per heavy atom. The topological polar surface area (TPSA) is 67.5 Å². The van der Waals surface area contributed by atoms with Crippen LogP contribution in [0.4, 0.5) is 8.78 Å². The molecule has 0 unspecified atom stereocenters. The molecule has 0 aliphatic carbocycles. The first-order valence-electron chi connectivity index (χ1n) is 9.68. The first-order chi connectivity index (χ1) is 14.9. The van der Waals surface area contributed by atoms with Crippen molar-refractivity contribution in [2.45, 2.75) is 19.0 Å². The quantitative estimate of drug-likeness (QED) is 0.661. The van der Waals surface area contributed by atoms with Crippen LogP contribution in [0.25, 0.3) is 0 Å². The fourth-order valence-electron chi connectivity index (χ4n) is 3.41. The Hall–Kier alpha value is -3.87. The van der Waals surface area contributed by atoms with E-state index < -0.39 is 29.7 Å². The fourth-order valence-corrected chi connectivity index (χ4v) is 3.41. The molecule has 1 amide bonds. The van der Waals surface area contributed by atoms with Crippen molar-refractivity contribution in [2.75, 3.05) is 0 Å². The summed E-state index contributed by atoms with van der Waals surface area (Å²) in [6.07, 6.45) is 1.63. The molecule has 1 aliphatic rings. The molecular formula is C24H19F2N3O2. The summed E-state index contributed by atoms with van der Waals surface area (Å²) in [5.74, 6) is -1.85. The third-order valence-electron chi connectivity index (χ3n) is 5.04. The molecule has 2 atom stereocenters. The molecular weight excluding hydrogens is 400 g/mol. The van der Waals surface area contributed by atoms with E-state index in [1.807, 2.05) is 31.2 Å². The van der Waals surface area contributed by atoms with Crippen molar-refractivity contribution in [2.24, 2.45) is 5.10 Å². The number of hydrogen-bond acceptors (Lipinski definition) is 3. The van der Waals surface area contributed by atoms with E-state index in [4.69, 9.17) is 0 Å². The Labute approximate surface area is 178 Å². The molecule has 3 aromatic carbocycles. The lowest BCUT2D eigenvalue weighted by Gasteiger charge is -2.20. The normalized spacial score (nSPS) is 19.3. The van der Waals surface area contributed by atoms with Crippen molar-refractivity contribution in [3.63, 3.8) is 0 Å². The zero-order chi connectivity index (χ0) is 22.0. The summed E-state index contributed by atoms with van der Waals surface area (Å²) in [6.45, 7) is 1.95. The minimum Gasteiger partial charge on any atom is -0.856 e. The lowest BCUT2D eigenvalue weighted by molar-refractivity contribution is -0.565. The molecule has 0 radical (unpaired) electrons. The number of hydrazone groups is 1. The molecule has 0 saturated carbocycles. The number of nitrogens with one attached hydrogen (secondary N) is 1. The van der Waals surface area contributed by atoms with E-state index >= 15 is 0 Å². The second-order valence-electron chi connectivity index (χ2n) is 7.31. The summed E-state index contributed by atoms with van der Waals surface area (Å²) in [6, 6.07) is 16.9. The van der Waals surface area contributed by atoms with Gasteiger partial charge in [-0.05, 0) is 60.6 Å². The second-order valence-corrected chi connectivity index (χ2v) is 7.31. The number of nitrogens with zero attached hydrogens (tertiary/aromatic N) is 2. The highest BCUT2D eigenvalue weighted by atomic mass is 19.1. The standard InChI is InChI=1S/C24H19F2N3O2/c1-15-2-6-17(7-3-15)22-21(27-23(30)18-8-12-20(26)13-9-18)24(31)28-29(22)14-16-4-10-19(25)11-5-16/h2-14,21-22H,1H3,(H-,27,28,30,31)/b29-14-/t21-,22-/m0/s1. The smallest absolute Gasteiger partial charge is 0.252 e. The zero-order valence-corrected chi connectivity index (χ0v) is 16.6. The molecule has 7 heteroatoms. The largest absolute Gasteiger partial charge is 0.856 e. The van der Waals surface area contributed by atoms with Crippen LogP contribution in [0.1, 0.15) is 33.1 Å². The number of carbonyl (C=O) groups excluding carboxylic acids is 1. The Morgan fingerprint density at radius 3 is 2.16 bits per heavy atom. The lowest BCUT2D eigenvalue weighted by atomic mass is 9.98. The second kappa shape index (κ2) is 8.47. The van der Waals surface area contributed by atoms with Crippen LogP contribution in [0.15, 0.2) is 77.9 Å². The maximum atomic E-state index is 13.3. The van der Waals surface area contributed by atoms with Crippen LogP contribution in [0.3, 0.4) is 0 Å². The van der Waals surface area contributed by atoms with Gasteiger partial charge in [-0.1, -0.05) is 34.5 Å². The van der Waals surface area contributed by atoms with Gasteiger partial charge in [-0.15, -0.1) is 0 Å². The number of hydrogen-bond donors (Lipinski definition) is 1. The highest BCUT2D eigenvalue weighted by Crippen LogP contribution is 2.27. The van der Waals surface area contributed by atoms with Gasteiger partial charge in [-0.3, -0.25) is 4.79 Å². The average Bonchev–Trinajstić information content (AvgIpc) is 3.05. The maximum absolute atomic E-state index is 13.3. The molecule has 1 N–H and O–H groups in total. The third-order valence-corrected chi connectivity index (χ3v) is 5.04. The molecule has 3 aromatic rings. The number of carbonyl (C=O) groups is 1. The number of rotatable bonds is 4. The van der Waals surface area contributed by atoms with Crippen LogP contribution in [0, 0.1) is 18.6 Å². The summed E-state index contributed by atoms with van der Waals surface area (Å²) < 4.78 is 27.9. The number of benzene rings is 3. The Morgan fingerprint density at radius 1 is 0.968 bits per heavy atom. The van der Waals surface area contributed by atoms with Crippen molar-refractivity contribution in [1.29, 1.82) is 0 Å². The van der Waals surface area contributed by atoms with Gasteiger partial charge < -0.3 is 10.4 Å². The van der Waals surface area contributed by atoms with Crippen molar-refractivity contribution in [3.05, 3.63) is 107 Å². The van der Waals surface area contributed by atoms with Gasteiger partial charge in [-0.2, -0.15) is 0 Å². The van der Waals surface area contributed by atoms with Crippen LogP contribution in [-0.2, 0) is 0 Å². The van der Waals surface area contributed by atoms with Crippen LogP contribution in [0.2, 0.25) is 0 Å². The summed E-state index contributed by atoms with van der Waals surface area (Å²) in [5.41, 5.74) is 2.72. The maximum Gasteiger partial charge on any atom is 0.252 e. The summed E-state index contributed by atoms with van der Waals surface area (Å²) in [5, 5.41) is 19.6. The average molecular weight is 419 g/mol. The van der Waals surface area contributed by atoms with Gasteiger partial charge in [0.05, 0.1) is 5.90 Å². The van der Waals surface area contributed by atoms with Crippen LogP contribution >= 0.6 is 0 Å².